The fourth-order valence-corrected chi connectivity index (χ4v) is 2.81. The van der Waals surface area contributed by atoms with Gasteiger partial charge in [0.1, 0.15) is 5.75 Å². The normalized spacial score (nSPS) is 10.5. The Balaban J connectivity index is 1.65. The lowest BCUT2D eigenvalue weighted by molar-refractivity contribution is 0.101. The minimum absolute atomic E-state index is 0.132. The van der Waals surface area contributed by atoms with E-state index in [0.29, 0.717) is 0 Å². The Hall–Kier alpha value is -2.09. The number of rotatable bonds is 9. The first-order chi connectivity index (χ1) is 11.2. The summed E-state index contributed by atoms with van der Waals surface area (Å²) in [5.41, 5.74) is 3.42. The number of hydrogen-bond donors (Lipinski definition) is 0. The first-order valence-corrected chi connectivity index (χ1v) is 8.42. The molecular weight excluding hydrogens is 284 g/mol. The van der Waals surface area contributed by atoms with Crippen molar-refractivity contribution in [2.24, 2.45) is 0 Å². The van der Waals surface area contributed by atoms with Gasteiger partial charge >= 0.3 is 0 Å². The van der Waals surface area contributed by atoms with Crippen molar-refractivity contribution in [3.05, 3.63) is 65.2 Å². The Morgan fingerprint density at radius 3 is 2.17 bits per heavy atom. The predicted octanol–water partition coefficient (Wildman–Crippen LogP) is 5.24. The Bertz CT molecular complexity index is 614. The second-order valence-corrected chi connectivity index (χ2v) is 5.98. The maximum Gasteiger partial charge on any atom is 0.159 e. The number of aryl methyl sites for hydroxylation is 2. The number of Topliss-reactive ketones (excluding diaryl/α,β-unsaturated/α-hetero) is 1. The summed E-state index contributed by atoms with van der Waals surface area (Å²) in [6, 6.07) is 16.3. The minimum atomic E-state index is 0.132. The fraction of sp³-hybridized carbons (Fsp3) is 0.381. The van der Waals surface area contributed by atoms with Crippen LogP contribution < -0.4 is 4.74 Å². The third kappa shape index (κ3) is 5.55. The van der Waals surface area contributed by atoms with E-state index in [-0.39, 0.29) is 5.78 Å². The van der Waals surface area contributed by atoms with Crippen LogP contribution >= 0.6 is 0 Å². The van der Waals surface area contributed by atoms with Crippen molar-refractivity contribution in [2.75, 3.05) is 7.11 Å². The van der Waals surface area contributed by atoms with Gasteiger partial charge < -0.3 is 4.74 Å². The molecule has 0 radical (unpaired) electrons. The zero-order chi connectivity index (χ0) is 16.5. The lowest BCUT2D eigenvalue weighted by atomic mass is 10.0. The molecule has 0 aromatic heterocycles. The molecule has 0 unspecified atom stereocenters. The number of ether oxygens (including phenoxy) is 1. The molecule has 2 rings (SSSR count). The van der Waals surface area contributed by atoms with Gasteiger partial charge in [-0.15, -0.1) is 0 Å². The van der Waals surface area contributed by atoms with Gasteiger partial charge in [0.25, 0.3) is 0 Å². The van der Waals surface area contributed by atoms with Crippen LogP contribution in [0.1, 0.15) is 54.1 Å². The third-order valence-electron chi connectivity index (χ3n) is 4.21. The van der Waals surface area contributed by atoms with Crippen molar-refractivity contribution in [1.29, 1.82) is 0 Å². The predicted molar refractivity (Wildman–Crippen MR) is 95.3 cm³/mol. The monoisotopic (exact) mass is 310 g/mol. The molecule has 122 valence electrons. The summed E-state index contributed by atoms with van der Waals surface area (Å²) < 4.78 is 5.38. The summed E-state index contributed by atoms with van der Waals surface area (Å²) in [7, 11) is 1.73. The third-order valence-corrected chi connectivity index (χ3v) is 4.21. The van der Waals surface area contributed by atoms with Crippen LogP contribution in [0.5, 0.6) is 5.75 Å². The van der Waals surface area contributed by atoms with Crippen LogP contribution in [0, 0.1) is 0 Å². The van der Waals surface area contributed by atoms with Gasteiger partial charge in [-0.25, -0.2) is 0 Å². The molecule has 2 aromatic rings. The second-order valence-electron chi connectivity index (χ2n) is 5.98. The molecule has 0 saturated carbocycles. The van der Waals surface area contributed by atoms with Gasteiger partial charge in [0.05, 0.1) is 7.11 Å². The molecule has 0 heterocycles. The Morgan fingerprint density at radius 1 is 0.870 bits per heavy atom. The molecule has 0 atom stereocenters. The lowest BCUT2D eigenvalue weighted by Crippen LogP contribution is -1.94. The molecule has 2 nitrogen and oxygen atoms in total. The average Bonchev–Trinajstić information content (AvgIpc) is 2.58. The van der Waals surface area contributed by atoms with Crippen LogP contribution in [0.2, 0.25) is 0 Å². The number of unbranched alkanes of at least 4 members (excludes halogenated alkanes) is 3. The molecule has 2 aromatic carbocycles. The highest BCUT2D eigenvalue weighted by molar-refractivity contribution is 5.93. The van der Waals surface area contributed by atoms with Crippen molar-refractivity contribution in [2.45, 2.75) is 45.4 Å². The van der Waals surface area contributed by atoms with Gasteiger partial charge in [-0.2, -0.15) is 0 Å². The Kier molecular flexibility index (Phi) is 6.86. The van der Waals surface area contributed by atoms with Crippen LogP contribution in [0.25, 0.3) is 0 Å². The average molecular weight is 310 g/mol. The first kappa shape index (κ1) is 17.3. The molecule has 0 N–H and O–H groups in total. The standard InChI is InChI=1S/C21H26O2/c1-17(22)19-15-13-18(14-16-19)9-5-3-4-6-10-20-11-7-8-12-21(20)23-2/h7-8,11-16H,3-6,9-10H2,1-2H3. The van der Waals surface area contributed by atoms with Gasteiger partial charge in [-0.3, -0.25) is 4.79 Å². The van der Waals surface area contributed by atoms with E-state index in [2.05, 4.69) is 24.3 Å². The van der Waals surface area contributed by atoms with Gasteiger partial charge in [0.2, 0.25) is 0 Å². The molecule has 0 aliphatic heterocycles. The maximum absolute atomic E-state index is 11.2. The number of carbonyl (C=O) groups excluding carboxylic acids is 1. The summed E-state index contributed by atoms with van der Waals surface area (Å²) in [4.78, 5) is 11.2. The van der Waals surface area contributed by atoms with Crippen molar-refractivity contribution < 1.29 is 9.53 Å². The zero-order valence-electron chi connectivity index (χ0n) is 14.2. The fourth-order valence-electron chi connectivity index (χ4n) is 2.81. The largest absolute Gasteiger partial charge is 0.496 e. The van der Waals surface area contributed by atoms with Crippen LogP contribution in [0.3, 0.4) is 0 Å². The topological polar surface area (TPSA) is 26.3 Å². The summed E-state index contributed by atoms with van der Waals surface area (Å²) in [5, 5.41) is 0. The van der Waals surface area contributed by atoms with Gasteiger partial charge in [-0.05, 0) is 49.8 Å². The SMILES string of the molecule is COc1ccccc1CCCCCCc1ccc(C(C)=O)cc1. The lowest BCUT2D eigenvalue weighted by Gasteiger charge is -2.08. The smallest absolute Gasteiger partial charge is 0.159 e. The van der Waals surface area contributed by atoms with Crippen molar-refractivity contribution in [1.82, 2.24) is 0 Å². The number of hydrogen-bond acceptors (Lipinski definition) is 2. The molecule has 23 heavy (non-hydrogen) atoms. The van der Waals surface area contributed by atoms with Crippen LogP contribution in [-0.4, -0.2) is 12.9 Å². The van der Waals surface area contributed by atoms with Gasteiger partial charge in [0, 0.05) is 5.56 Å². The Labute approximate surface area is 139 Å². The number of ketones is 1. The van der Waals surface area contributed by atoms with Crippen molar-refractivity contribution in [3.8, 4) is 5.75 Å². The summed E-state index contributed by atoms with van der Waals surface area (Å²) in [5.74, 6) is 1.13. The maximum atomic E-state index is 11.2. The minimum Gasteiger partial charge on any atom is -0.496 e. The van der Waals surface area contributed by atoms with Gasteiger partial charge in [0.15, 0.2) is 5.78 Å². The molecule has 2 heteroatoms. The van der Waals surface area contributed by atoms with Crippen LogP contribution in [0.4, 0.5) is 0 Å². The van der Waals surface area contributed by atoms with Crippen molar-refractivity contribution in [3.63, 3.8) is 0 Å². The highest BCUT2D eigenvalue weighted by Gasteiger charge is 2.02. The summed E-state index contributed by atoms with van der Waals surface area (Å²) >= 11 is 0. The number of benzene rings is 2. The summed E-state index contributed by atoms with van der Waals surface area (Å²) in [6.07, 6.45) is 7.05. The van der Waals surface area contributed by atoms with Crippen molar-refractivity contribution >= 4 is 5.78 Å². The van der Waals surface area contributed by atoms with E-state index in [4.69, 9.17) is 4.74 Å². The van der Waals surface area contributed by atoms with Crippen LogP contribution in [-0.2, 0) is 12.8 Å². The quantitative estimate of drug-likeness (QED) is 0.467. The number of para-hydroxylation sites is 1. The highest BCUT2D eigenvalue weighted by Crippen LogP contribution is 2.20. The van der Waals surface area contributed by atoms with E-state index in [1.165, 1.54) is 36.8 Å². The van der Waals surface area contributed by atoms with Gasteiger partial charge in [-0.1, -0.05) is 55.3 Å². The molecule has 0 aliphatic rings. The Morgan fingerprint density at radius 2 is 1.52 bits per heavy atom. The first-order valence-electron chi connectivity index (χ1n) is 8.42. The molecule has 0 saturated heterocycles. The molecular formula is C21H26O2. The molecule has 0 bridgehead atoms. The van der Waals surface area contributed by atoms with Crippen LogP contribution in [0.15, 0.2) is 48.5 Å². The number of carbonyl (C=O) groups is 1. The molecule has 0 spiro atoms. The number of methoxy groups -OCH3 is 1. The zero-order valence-corrected chi connectivity index (χ0v) is 14.2. The molecule has 0 aliphatic carbocycles. The second kappa shape index (κ2) is 9.14. The highest BCUT2D eigenvalue weighted by atomic mass is 16.5. The molecule has 0 amide bonds. The van der Waals surface area contributed by atoms with E-state index >= 15 is 0 Å². The van der Waals surface area contributed by atoms with E-state index < -0.39 is 0 Å². The summed E-state index contributed by atoms with van der Waals surface area (Å²) in [6.45, 7) is 1.61. The molecule has 0 fully saturated rings. The van der Waals surface area contributed by atoms with E-state index in [9.17, 15) is 4.79 Å². The van der Waals surface area contributed by atoms with E-state index in [1.54, 1.807) is 14.0 Å². The van der Waals surface area contributed by atoms with E-state index in [0.717, 1.165) is 24.2 Å². The van der Waals surface area contributed by atoms with E-state index in [1.807, 2.05) is 24.3 Å².